The first-order chi connectivity index (χ1) is 7.23. The van der Waals surface area contributed by atoms with Crippen molar-refractivity contribution in [3.8, 4) is 0 Å². The van der Waals surface area contributed by atoms with Crippen LogP contribution in [0.15, 0.2) is 12.3 Å². The van der Waals surface area contributed by atoms with Gasteiger partial charge in [-0.1, -0.05) is 58.0 Å². The molecule has 1 heterocycles. The van der Waals surface area contributed by atoms with Gasteiger partial charge in [0.1, 0.15) is 0 Å². The van der Waals surface area contributed by atoms with Gasteiger partial charge in [-0.25, -0.2) is 0 Å². The lowest BCUT2D eigenvalue weighted by Crippen LogP contribution is -2.05. The zero-order chi connectivity index (χ0) is 12.5. The second kappa shape index (κ2) is 5.10. The molecule has 0 atom stereocenters. The molecule has 9 heteroatoms. The Morgan fingerprint density at radius 3 is 2.31 bits per heavy atom. The molecule has 0 amide bonds. The number of hydrogen-bond acceptors (Lipinski definition) is 3. The van der Waals surface area contributed by atoms with Gasteiger partial charge in [0, 0.05) is 17.8 Å². The third kappa shape index (κ3) is 3.25. The number of halogens is 5. The number of hydrogen-bond donors (Lipinski definition) is 0. The summed E-state index contributed by atoms with van der Waals surface area (Å²) >= 11 is 27.7. The Labute approximate surface area is 116 Å². The molecule has 16 heavy (non-hydrogen) atoms. The molecule has 0 aliphatic rings. The van der Waals surface area contributed by atoms with Gasteiger partial charge in [-0.3, -0.25) is 15.1 Å². The molecule has 0 radical (unpaired) electrons. The van der Waals surface area contributed by atoms with Gasteiger partial charge >= 0.3 is 0 Å². The van der Waals surface area contributed by atoms with Gasteiger partial charge in [0.25, 0.3) is 5.69 Å². The van der Waals surface area contributed by atoms with Crippen molar-refractivity contribution in [3.05, 3.63) is 33.6 Å². The molecule has 0 aliphatic heterocycles. The van der Waals surface area contributed by atoms with Crippen molar-refractivity contribution in [2.75, 3.05) is 0 Å². The van der Waals surface area contributed by atoms with E-state index < -0.39 is 13.6 Å². The average Bonchev–Trinajstić information content (AvgIpc) is 2.15. The van der Waals surface area contributed by atoms with Crippen LogP contribution in [-0.2, 0) is 3.79 Å². The number of nitro groups is 1. The van der Waals surface area contributed by atoms with Crippen molar-refractivity contribution in [2.24, 2.45) is 0 Å². The molecule has 0 N–H and O–H groups in total. The number of pyridine rings is 1. The minimum absolute atomic E-state index is 0.0712. The number of nitrogens with zero attached hydrogens (tertiary/aromatic N) is 2. The Morgan fingerprint density at radius 2 is 1.94 bits per heavy atom. The smallest absolute Gasteiger partial charge is 0.258 e. The second-order valence-corrected chi connectivity index (χ2v) is 6.06. The summed E-state index contributed by atoms with van der Waals surface area (Å²) in [5.74, 6) is 0. The fourth-order valence-electron chi connectivity index (χ4n) is 0.933. The monoisotopic (exact) mass is 322 g/mol. The van der Waals surface area contributed by atoms with Crippen molar-refractivity contribution in [2.45, 2.75) is 8.63 Å². The van der Waals surface area contributed by atoms with Crippen LogP contribution in [0.2, 0.25) is 0 Å². The zero-order valence-electron chi connectivity index (χ0n) is 7.33. The van der Waals surface area contributed by atoms with Crippen LogP contribution < -0.4 is 0 Å². The van der Waals surface area contributed by atoms with Gasteiger partial charge in [-0.2, -0.15) is 0 Å². The normalized spacial score (nSPS) is 11.9. The van der Waals surface area contributed by atoms with Crippen molar-refractivity contribution in [3.63, 3.8) is 0 Å². The quantitative estimate of drug-likeness (QED) is 0.463. The van der Waals surface area contributed by atoms with E-state index in [1.165, 1.54) is 6.20 Å². The lowest BCUT2D eigenvalue weighted by atomic mass is 10.2. The summed E-state index contributed by atoms with van der Waals surface area (Å²) in [6.07, 6.45) is 1.17. The number of alkyl halides is 5. The third-order valence-electron chi connectivity index (χ3n) is 1.63. The van der Waals surface area contributed by atoms with Crippen molar-refractivity contribution in [1.29, 1.82) is 0 Å². The van der Waals surface area contributed by atoms with Crippen molar-refractivity contribution in [1.82, 2.24) is 4.98 Å². The molecular weight excluding hydrogens is 321 g/mol. The first-order valence-corrected chi connectivity index (χ1v) is 5.74. The van der Waals surface area contributed by atoms with E-state index >= 15 is 0 Å². The van der Waals surface area contributed by atoms with Crippen molar-refractivity contribution < 1.29 is 4.92 Å². The minimum atomic E-state index is -1.79. The zero-order valence-corrected chi connectivity index (χ0v) is 11.1. The van der Waals surface area contributed by atoms with E-state index in [0.717, 1.165) is 6.07 Å². The summed E-state index contributed by atoms with van der Waals surface area (Å²) < 4.78 is -1.79. The molecule has 1 aromatic rings. The largest absolute Gasteiger partial charge is 0.294 e. The predicted molar refractivity (Wildman–Crippen MR) is 64.6 cm³/mol. The third-order valence-corrected chi connectivity index (χ3v) is 2.70. The Balaban J connectivity index is 3.34. The summed E-state index contributed by atoms with van der Waals surface area (Å²) in [6.45, 7) is 0. The van der Waals surface area contributed by atoms with E-state index in [1.54, 1.807) is 0 Å². The highest BCUT2D eigenvalue weighted by atomic mass is 35.6. The lowest BCUT2D eigenvalue weighted by molar-refractivity contribution is -0.385. The molecule has 0 aromatic carbocycles. The van der Waals surface area contributed by atoms with E-state index in [1.807, 2.05) is 0 Å². The SMILES string of the molecule is O=[N+]([O-])c1cc(C(Cl)(Cl)Cl)cnc1C(Cl)Cl. The van der Waals surface area contributed by atoms with Crippen molar-refractivity contribution >= 4 is 63.7 Å². The molecule has 1 aromatic heterocycles. The Morgan fingerprint density at radius 1 is 1.38 bits per heavy atom. The molecule has 4 nitrogen and oxygen atoms in total. The fourth-order valence-corrected chi connectivity index (χ4v) is 1.58. The predicted octanol–water partition coefficient (Wildman–Crippen LogP) is 4.29. The summed E-state index contributed by atoms with van der Waals surface area (Å²) in [4.78, 5) is 12.6. The molecule has 0 spiro atoms. The summed E-state index contributed by atoms with van der Waals surface area (Å²) in [5.41, 5.74) is -0.410. The van der Waals surface area contributed by atoms with E-state index in [4.69, 9.17) is 58.0 Å². The van der Waals surface area contributed by atoms with Crippen LogP contribution in [0, 0.1) is 10.1 Å². The number of rotatable bonds is 2. The van der Waals surface area contributed by atoms with Gasteiger partial charge in [-0.05, 0) is 0 Å². The van der Waals surface area contributed by atoms with Gasteiger partial charge in [0.2, 0.25) is 3.79 Å². The number of aromatic nitrogens is 1. The van der Waals surface area contributed by atoms with Crippen LogP contribution in [0.25, 0.3) is 0 Å². The molecule has 0 saturated carbocycles. The maximum Gasteiger partial charge on any atom is 0.294 e. The molecule has 0 fully saturated rings. The van der Waals surface area contributed by atoms with Gasteiger partial charge in [0.15, 0.2) is 10.5 Å². The maximum atomic E-state index is 10.7. The van der Waals surface area contributed by atoms with Crippen LogP contribution >= 0.6 is 58.0 Å². The van der Waals surface area contributed by atoms with Crippen LogP contribution in [0.1, 0.15) is 16.1 Å². The highest BCUT2D eigenvalue weighted by Gasteiger charge is 2.29. The summed E-state index contributed by atoms with van der Waals surface area (Å²) in [7, 11) is 0. The molecule has 88 valence electrons. The minimum Gasteiger partial charge on any atom is -0.258 e. The Hall–Kier alpha value is -0.000000000000000333. The van der Waals surface area contributed by atoms with Gasteiger partial charge < -0.3 is 0 Å². The molecular formula is C7H3Cl5N2O2. The second-order valence-electron chi connectivity index (χ2n) is 2.68. The van der Waals surface area contributed by atoms with Crippen LogP contribution in [-0.4, -0.2) is 9.91 Å². The van der Waals surface area contributed by atoms with Crippen LogP contribution in [0.4, 0.5) is 5.69 Å². The Kier molecular flexibility index (Phi) is 4.49. The van der Waals surface area contributed by atoms with E-state index in [2.05, 4.69) is 4.98 Å². The first kappa shape index (κ1) is 14.1. The molecule has 0 aliphatic carbocycles. The van der Waals surface area contributed by atoms with E-state index in [-0.39, 0.29) is 16.9 Å². The van der Waals surface area contributed by atoms with Gasteiger partial charge in [-0.15, -0.1) is 0 Å². The average molecular weight is 324 g/mol. The molecule has 1 rings (SSSR count). The summed E-state index contributed by atoms with van der Waals surface area (Å²) in [6, 6.07) is 1.08. The standard InChI is InChI=1S/C7H3Cl5N2O2/c8-6(9)5-4(14(15)16)1-3(2-13-5)7(10,11)12/h1-2,6H. The van der Waals surface area contributed by atoms with E-state index in [0.29, 0.717) is 0 Å². The molecule has 0 bridgehead atoms. The molecule has 0 unspecified atom stereocenters. The topological polar surface area (TPSA) is 56.0 Å². The first-order valence-electron chi connectivity index (χ1n) is 3.73. The van der Waals surface area contributed by atoms with Gasteiger partial charge in [0.05, 0.1) is 4.92 Å². The molecule has 0 saturated heterocycles. The van der Waals surface area contributed by atoms with Crippen LogP contribution in [0.5, 0.6) is 0 Å². The lowest BCUT2D eigenvalue weighted by Gasteiger charge is -2.11. The highest BCUT2D eigenvalue weighted by molar-refractivity contribution is 6.66. The van der Waals surface area contributed by atoms with E-state index in [9.17, 15) is 10.1 Å². The Bertz CT molecular complexity index is 418. The fraction of sp³-hybridized carbons (Fsp3) is 0.286. The maximum absolute atomic E-state index is 10.7. The highest BCUT2D eigenvalue weighted by Crippen LogP contribution is 2.41. The van der Waals surface area contributed by atoms with Crippen LogP contribution in [0.3, 0.4) is 0 Å². The summed E-state index contributed by atoms with van der Waals surface area (Å²) in [5, 5.41) is 10.7.